The second-order valence-electron chi connectivity index (χ2n) is 7.86. The van der Waals surface area contributed by atoms with Crippen molar-refractivity contribution in [3.8, 4) is 11.5 Å². The molecule has 0 radical (unpaired) electrons. The number of nitrogens with zero attached hydrogens (tertiary/aromatic N) is 1. The first-order valence-corrected chi connectivity index (χ1v) is 10.4. The topological polar surface area (TPSA) is 67.9 Å². The fourth-order valence-electron chi connectivity index (χ4n) is 3.53. The van der Waals surface area contributed by atoms with Crippen LogP contribution in [0.5, 0.6) is 11.5 Å². The van der Waals surface area contributed by atoms with Crippen molar-refractivity contribution in [1.29, 1.82) is 0 Å². The Balaban J connectivity index is 1.77. The quantitative estimate of drug-likeness (QED) is 0.758. The van der Waals surface area contributed by atoms with Crippen LogP contribution in [0.1, 0.15) is 42.3 Å². The number of nitrogens with one attached hydrogen (secondary N) is 1. The van der Waals surface area contributed by atoms with Crippen LogP contribution in [-0.4, -0.2) is 42.5 Å². The Kier molecular flexibility index (Phi) is 6.98. The largest absolute Gasteiger partial charge is 0.486 e. The van der Waals surface area contributed by atoms with E-state index in [0.29, 0.717) is 43.4 Å². The van der Waals surface area contributed by atoms with Crippen molar-refractivity contribution >= 4 is 11.8 Å². The summed E-state index contributed by atoms with van der Waals surface area (Å²) in [5.41, 5.74) is 2.45. The van der Waals surface area contributed by atoms with E-state index in [9.17, 15) is 9.59 Å². The van der Waals surface area contributed by atoms with Crippen molar-refractivity contribution in [1.82, 2.24) is 10.2 Å². The van der Waals surface area contributed by atoms with Crippen molar-refractivity contribution in [3.63, 3.8) is 0 Å². The third-order valence-corrected chi connectivity index (χ3v) is 5.20. The lowest BCUT2D eigenvalue weighted by Gasteiger charge is -2.30. The van der Waals surface area contributed by atoms with E-state index in [1.807, 2.05) is 64.1 Å². The highest BCUT2D eigenvalue weighted by Gasteiger charge is 2.29. The molecule has 160 valence electrons. The van der Waals surface area contributed by atoms with Gasteiger partial charge >= 0.3 is 0 Å². The summed E-state index contributed by atoms with van der Waals surface area (Å²) < 4.78 is 11.4. The molecule has 1 atom stereocenters. The van der Waals surface area contributed by atoms with Gasteiger partial charge in [0, 0.05) is 24.2 Å². The summed E-state index contributed by atoms with van der Waals surface area (Å²) >= 11 is 0. The number of amides is 2. The maximum absolute atomic E-state index is 13.4. The zero-order valence-corrected chi connectivity index (χ0v) is 18.1. The van der Waals surface area contributed by atoms with Crippen molar-refractivity contribution in [2.75, 3.05) is 19.8 Å². The van der Waals surface area contributed by atoms with Gasteiger partial charge in [0.2, 0.25) is 5.91 Å². The summed E-state index contributed by atoms with van der Waals surface area (Å²) in [4.78, 5) is 27.9. The minimum atomic E-state index is -0.616. The van der Waals surface area contributed by atoms with E-state index in [1.54, 1.807) is 11.0 Å². The second-order valence-corrected chi connectivity index (χ2v) is 7.86. The number of ether oxygens (including phenoxy) is 2. The number of rotatable bonds is 7. The first-order chi connectivity index (χ1) is 14.4. The summed E-state index contributed by atoms with van der Waals surface area (Å²) in [6.45, 7) is 9.68. The Bertz CT molecular complexity index is 910. The highest BCUT2D eigenvalue weighted by molar-refractivity contribution is 5.97. The number of carbonyl (C=O) groups is 2. The van der Waals surface area contributed by atoms with E-state index < -0.39 is 6.04 Å². The average molecular weight is 411 g/mol. The molecule has 1 aliphatic rings. The van der Waals surface area contributed by atoms with Crippen LogP contribution in [0.2, 0.25) is 0 Å². The van der Waals surface area contributed by atoms with Gasteiger partial charge in [-0.1, -0.05) is 43.7 Å². The van der Waals surface area contributed by atoms with Gasteiger partial charge in [0.15, 0.2) is 11.5 Å². The summed E-state index contributed by atoms with van der Waals surface area (Å²) in [5.74, 6) is 0.998. The Hall–Kier alpha value is -3.02. The standard InChI is InChI=1S/C24H30N2O4/c1-5-26(15-19-10-7-11-20-22(19)30-13-12-29-20)24(28)21(16(2)3)25-23(27)18-9-6-8-17(4)14-18/h6-11,14,16,21H,5,12-13,15H2,1-4H3,(H,25,27). The van der Waals surface area contributed by atoms with Crippen LogP contribution in [0.3, 0.4) is 0 Å². The molecule has 0 bridgehead atoms. The maximum Gasteiger partial charge on any atom is 0.251 e. The molecule has 0 saturated heterocycles. The van der Waals surface area contributed by atoms with E-state index in [4.69, 9.17) is 9.47 Å². The lowest BCUT2D eigenvalue weighted by molar-refractivity contribution is -0.134. The second kappa shape index (κ2) is 9.65. The van der Waals surface area contributed by atoms with Gasteiger partial charge in [-0.3, -0.25) is 9.59 Å². The molecule has 1 aliphatic heterocycles. The van der Waals surface area contributed by atoms with Crippen molar-refractivity contribution in [2.45, 2.75) is 40.3 Å². The van der Waals surface area contributed by atoms with Gasteiger partial charge in [-0.05, 0) is 38.0 Å². The average Bonchev–Trinajstić information content (AvgIpc) is 2.75. The molecule has 1 unspecified atom stereocenters. The van der Waals surface area contributed by atoms with Crippen LogP contribution in [0.25, 0.3) is 0 Å². The third kappa shape index (κ3) is 4.93. The van der Waals surface area contributed by atoms with Gasteiger partial charge in [0.25, 0.3) is 5.91 Å². The minimum Gasteiger partial charge on any atom is -0.486 e. The zero-order chi connectivity index (χ0) is 21.7. The molecule has 6 nitrogen and oxygen atoms in total. The molecule has 0 spiro atoms. The maximum atomic E-state index is 13.4. The summed E-state index contributed by atoms with van der Waals surface area (Å²) in [5, 5.41) is 2.94. The Labute approximate surface area is 178 Å². The van der Waals surface area contributed by atoms with E-state index in [0.717, 1.165) is 11.1 Å². The fraction of sp³-hybridized carbons (Fsp3) is 0.417. The molecule has 0 aliphatic carbocycles. The van der Waals surface area contributed by atoms with Crippen LogP contribution < -0.4 is 14.8 Å². The molecule has 3 rings (SSSR count). The van der Waals surface area contributed by atoms with Crippen LogP contribution in [0, 0.1) is 12.8 Å². The van der Waals surface area contributed by atoms with E-state index in [1.165, 1.54) is 0 Å². The smallest absolute Gasteiger partial charge is 0.251 e. The van der Waals surface area contributed by atoms with Gasteiger partial charge in [-0.2, -0.15) is 0 Å². The van der Waals surface area contributed by atoms with Gasteiger partial charge in [0.1, 0.15) is 19.3 Å². The van der Waals surface area contributed by atoms with Crippen molar-refractivity contribution in [3.05, 3.63) is 59.2 Å². The molecule has 0 fully saturated rings. The molecule has 0 saturated carbocycles. The molecule has 1 N–H and O–H groups in total. The first-order valence-electron chi connectivity index (χ1n) is 10.4. The predicted molar refractivity (Wildman–Crippen MR) is 116 cm³/mol. The monoisotopic (exact) mass is 410 g/mol. The lowest BCUT2D eigenvalue weighted by atomic mass is 10.0. The van der Waals surface area contributed by atoms with E-state index >= 15 is 0 Å². The molecular weight excluding hydrogens is 380 g/mol. The minimum absolute atomic E-state index is 0.0513. The van der Waals surface area contributed by atoms with Gasteiger partial charge < -0.3 is 19.7 Å². The molecule has 2 amide bonds. The van der Waals surface area contributed by atoms with Crippen LogP contribution in [0.15, 0.2) is 42.5 Å². The molecular formula is C24H30N2O4. The predicted octanol–water partition coefficient (Wildman–Crippen LogP) is 3.57. The Morgan fingerprint density at radius 2 is 1.83 bits per heavy atom. The highest BCUT2D eigenvalue weighted by atomic mass is 16.6. The molecule has 2 aromatic carbocycles. The molecule has 6 heteroatoms. The SMILES string of the molecule is CCN(Cc1cccc2c1OCCO2)C(=O)C(NC(=O)c1cccc(C)c1)C(C)C. The summed E-state index contributed by atoms with van der Waals surface area (Å²) in [6, 6.07) is 12.5. The summed E-state index contributed by atoms with van der Waals surface area (Å²) in [7, 11) is 0. The summed E-state index contributed by atoms with van der Waals surface area (Å²) in [6.07, 6.45) is 0. The van der Waals surface area contributed by atoms with Gasteiger partial charge in [-0.15, -0.1) is 0 Å². The van der Waals surface area contributed by atoms with Crippen molar-refractivity contribution < 1.29 is 19.1 Å². The van der Waals surface area contributed by atoms with Gasteiger partial charge in [-0.25, -0.2) is 0 Å². The number of benzene rings is 2. The molecule has 1 heterocycles. The normalized spacial score (nSPS) is 13.6. The first kappa shape index (κ1) is 21.7. The molecule has 30 heavy (non-hydrogen) atoms. The van der Waals surface area contributed by atoms with Gasteiger partial charge in [0.05, 0.1) is 0 Å². The van der Waals surface area contributed by atoms with Crippen LogP contribution >= 0.6 is 0 Å². The number of hydrogen-bond acceptors (Lipinski definition) is 4. The zero-order valence-electron chi connectivity index (χ0n) is 18.1. The number of hydrogen-bond donors (Lipinski definition) is 1. The fourth-order valence-corrected chi connectivity index (χ4v) is 3.53. The van der Waals surface area contributed by atoms with Crippen LogP contribution in [-0.2, 0) is 11.3 Å². The molecule has 0 aromatic heterocycles. The third-order valence-electron chi connectivity index (χ3n) is 5.20. The van der Waals surface area contributed by atoms with Crippen molar-refractivity contribution in [2.24, 2.45) is 5.92 Å². The number of para-hydroxylation sites is 1. The van der Waals surface area contributed by atoms with E-state index in [2.05, 4.69) is 5.32 Å². The lowest BCUT2D eigenvalue weighted by Crippen LogP contribution is -2.51. The number of likely N-dealkylation sites (N-methyl/N-ethyl adjacent to an activating group) is 1. The van der Waals surface area contributed by atoms with Crippen LogP contribution in [0.4, 0.5) is 0 Å². The number of fused-ring (bicyclic) bond motifs is 1. The highest BCUT2D eigenvalue weighted by Crippen LogP contribution is 2.34. The molecule has 2 aromatic rings. The van der Waals surface area contributed by atoms with E-state index in [-0.39, 0.29) is 17.7 Å². The Morgan fingerprint density at radius 1 is 1.10 bits per heavy atom. The Morgan fingerprint density at radius 3 is 2.53 bits per heavy atom. The number of carbonyl (C=O) groups excluding carboxylic acids is 2. The number of aryl methyl sites for hydroxylation is 1.